The highest BCUT2D eigenvalue weighted by Crippen LogP contribution is 2.19. The Morgan fingerprint density at radius 2 is 1.96 bits per heavy atom. The fourth-order valence-electron chi connectivity index (χ4n) is 3.47. The number of carbonyl (C=O) groups excluding carboxylic acids is 1. The zero-order chi connectivity index (χ0) is 20.1. The lowest BCUT2D eigenvalue weighted by molar-refractivity contribution is 0.0589. The molecule has 0 bridgehead atoms. The van der Waals surface area contributed by atoms with Gasteiger partial charge in [0.05, 0.1) is 24.9 Å². The maximum absolute atomic E-state index is 13.1. The number of aliphatic hydroxyl groups excluding tert-OH is 1. The summed E-state index contributed by atoms with van der Waals surface area (Å²) in [5.41, 5.74) is 0.854. The molecule has 152 valence electrons. The molecule has 28 heavy (non-hydrogen) atoms. The molecular formula is C20H28FN5O2. The first-order chi connectivity index (χ1) is 13.4. The van der Waals surface area contributed by atoms with E-state index in [-0.39, 0.29) is 35.9 Å². The lowest BCUT2D eigenvalue weighted by Gasteiger charge is -2.26. The van der Waals surface area contributed by atoms with E-state index in [2.05, 4.69) is 15.6 Å². The Bertz CT molecular complexity index is 771. The van der Waals surface area contributed by atoms with Gasteiger partial charge in [-0.3, -0.25) is 4.79 Å². The first-order valence-electron chi connectivity index (χ1n) is 9.79. The van der Waals surface area contributed by atoms with Crippen LogP contribution < -0.4 is 5.32 Å². The standard InChI is InChI=1S/C20H28FN5O2/c1-14(2)11-25(13-19(27)15-3-5-16(21)6-4-15)20(28)18-12-26(24-23-18)17-7-9-22-10-8-17/h3-6,12,14,17,19,22,27H,7-11,13H2,1-2H3. The van der Waals surface area contributed by atoms with Crippen molar-refractivity contribution in [2.75, 3.05) is 26.2 Å². The normalized spacial score (nSPS) is 16.3. The fourth-order valence-corrected chi connectivity index (χ4v) is 3.47. The van der Waals surface area contributed by atoms with Crippen LogP contribution in [0.3, 0.4) is 0 Å². The first kappa shape index (κ1) is 20.4. The van der Waals surface area contributed by atoms with Gasteiger partial charge in [0.25, 0.3) is 5.91 Å². The largest absolute Gasteiger partial charge is 0.387 e. The topological polar surface area (TPSA) is 83.3 Å². The minimum atomic E-state index is -0.900. The lowest BCUT2D eigenvalue weighted by Crippen LogP contribution is -2.37. The number of amides is 1. The number of rotatable bonds is 7. The van der Waals surface area contributed by atoms with Crippen LogP contribution in [0.1, 0.15) is 54.9 Å². The van der Waals surface area contributed by atoms with E-state index in [1.807, 2.05) is 13.8 Å². The van der Waals surface area contributed by atoms with Crippen molar-refractivity contribution in [2.45, 2.75) is 38.8 Å². The minimum absolute atomic E-state index is 0.114. The zero-order valence-electron chi connectivity index (χ0n) is 16.4. The number of aliphatic hydroxyl groups is 1. The van der Waals surface area contributed by atoms with Gasteiger partial charge < -0.3 is 15.3 Å². The molecule has 0 aliphatic carbocycles. The molecule has 0 spiro atoms. The van der Waals surface area contributed by atoms with Crippen molar-refractivity contribution in [2.24, 2.45) is 5.92 Å². The Kier molecular flexibility index (Phi) is 6.74. The number of hydrogen-bond donors (Lipinski definition) is 2. The molecule has 0 radical (unpaired) electrons. The van der Waals surface area contributed by atoms with Gasteiger partial charge in [0.1, 0.15) is 5.82 Å². The Balaban J connectivity index is 1.72. The molecule has 1 aromatic heterocycles. The van der Waals surface area contributed by atoms with E-state index in [0.29, 0.717) is 12.1 Å². The van der Waals surface area contributed by atoms with Gasteiger partial charge in [-0.15, -0.1) is 5.10 Å². The van der Waals surface area contributed by atoms with Gasteiger partial charge in [-0.1, -0.05) is 31.2 Å². The van der Waals surface area contributed by atoms with Crippen molar-refractivity contribution in [3.63, 3.8) is 0 Å². The maximum Gasteiger partial charge on any atom is 0.276 e. The Morgan fingerprint density at radius 3 is 2.61 bits per heavy atom. The van der Waals surface area contributed by atoms with Crippen LogP contribution in [0.4, 0.5) is 4.39 Å². The van der Waals surface area contributed by atoms with Gasteiger partial charge in [-0.05, 0) is 49.5 Å². The highest BCUT2D eigenvalue weighted by atomic mass is 19.1. The number of nitrogens with one attached hydrogen (secondary N) is 1. The number of piperidine rings is 1. The molecule has 1 atom stereocenters. The van der Waals surface area contributed by atoms with Crippen molar-refractivity contribution in [1.29, 1.82) is 0 Å². The molecule has 3 rings (SSSR count). The second-order valence-electron chi connectivity index (χ2n) is 7.74. The van der Waals surface area contributed by atoms with Gasteiger partial charge in [-0.25, -0.2) is 9.07 Å². The summed E-state index contributed by atoms with van der Waals surface area (Å²) in [7, 11) is 0. The molecule has 2 heterocycles. The smallest absolute Gasteiger partial charge is 0.276 e. The molecule has 1 unspecified atom stereocenters. The molecule has 1 aliphatic heterocycles. The monoisotopic (exact) mass is 389 g/mol. The molecule has 8 heteroatoms. The summed E-state index contributed by atoms with van der Waals surface area (Å²) < 4.78 is 14.9. The third-order valence-corrected chi connectivity index (χ3v) is 4.93. The number of halogens is 1. The summed E-state index contributed by atoms with van der Waals surface area (Å²) in [6.07, 6.45) is 2.71. The summed E-state index contributed by atoms with van der Waals surface area (Å²) >= 11 is 0. The summed E-state index contributed by atoms with van der Waals surface area (Å²) in [5.74, 6) is -0.389. The van der Waals surface area contributed by atoms with Gasteiger partial charge in [-0.2, -0.15) is 0 Å². The first-order valence-corrected chi connectivity index (χ1v) is 9.79. The highest BCUT2D eigenvalue weighted by molar-refractivity contribution is 5.92. The van der Waals surface area contributed by atoms with Crippen LogP contribution in [0.5, 0.6) is 0 Å². The molecular weight excluding hydrogens is 361 g/mol. The van der Waals surface area contributed by atoms with Crippen LogP contribution in [0.25, 0.3) is 0 Å². The summed E-state index contributed by atoms with van der Waals surface area (Å²) in [5, 5.41) is 22.1. The van der Waals surface area contributed by atoms with Gasteiger partial charge in [0.15, 0.2) is 5.69 Å². The second kappa shape index (κ2) is 9.25. The minimum Gasteiger partial charge on any atom is -0.387 e. The molecule has 7 nitrogen and oxygen atoms in total. The van der Waals surface area contributed by atoms with E-state index in [1.165, 1.54) is 24.3 Å². The molecule has 1 amide bonds. The Labute approximate surface area is 164 Å². The molecule has 1 aromatic carbocycles. The molecule has 0 saturated carbocycles. The number of aromatic nitrogens is 3. The van der Waals surface area contributed by atoms with Crippen molar-refractivity contribution >= 4 is 5.91 Å². The van der Waals surface area contributed by atoms with E-state index >= 15 is 0 Å². The van der Waals surface area contributed by atoms with Crippen LogP contribution in [0.15, 0.2) is 30.5 Å². The molecule has 1 fully saturated rings. The molecule has 2 aromatic rings. The summed E-state index contributed by atoms with van der Waals surface area (Å²) in [6.45, 7) is 6.47. The maximum atomic E-state index is 13.1. The van der Waals surface area contributed by atoms with Crippen LogP contribution >= 0.6 is 0 Å². The number of nitrogens with zero attached hydrogens (tertiary/aromatic N) is 4. The molecule has 1 aliphatic rings. The van der Waals surface area contributed by atoms with E-state index in [1.54, 1.807) is 15.8 Å². The van der Waals surface area contributed by atoms with Gasteiger partial charge in [0, 0.05) is 6.54 Å². The third kappa shape index (κ3) is 5.14. The lowest BCUT2D eigenvalue weighted by atomic mass is 10.1. The second-order valence-corrected chi connectivity index (χ2v) is 7.74. The predicted octanol–water partition coefficient (Wildman–Crippen LogP) is 2.17. The highest BCUT2D eigenvalue weighted by Gasteiger charge is 2.25. The average Bonchev–Trinajstić information content (AvgIpc) is 3.18. The summed E-state index contributed by atoms with van der Waals surface area (Å²) in [4.78, 5) is 14.6. The summed E-state index contributed by atoms with van der Waals surface area (Å²) in [6, 6.07) is 5.92. The number of benzene rings is 1. The Morgan fingerprint density at radius 1 is 1.29 bits per heavy atom. The van der Waals surface area contributed by atoms with Crippen LogP contribution in [-0.4, -0.2) is 57.1 Å². The van der Waals surface area contributed by atoms with Crippen molar-refractivity contribution in [3.05, 3.63) is 47.5 Å². The Hall–Kier alpha value is -2.32. The van der Waals surface area contributed by atoms with Crippen LogP contribution in [-0.2, 0) is 0 Å². The van der Waals surface area contributed by atoms with Gasteiger partial charge in [0.2, 0.25) is 0 Å². The third-order valence-electron chi connectivity index (χ3n) is 4.93. The molecule has 2 N–H and O–H groups in total. The fraction of sp³-hybridized carbons (Fsp3) is 0.550. The predicted molar refractivity (Wildman–Crippen MR) is 103 cm³/mol. The van der Waals surface area contributed by atoms with Crippen molar-refractivity contribution in [3.8, 4) is 0 Å². The SMILES string of the molecule is CC(C)CN(CC(O)c1ccc(F)cc1)C(=O)c1cn(C2CCNCC2)nn1. The van der Waals surface area contributed by atoms with Crippen molar-refractivity contribution in [1.82, 2.24) is 25.2 Å². The van der Waals surface area contributed by atoms with E-state index in [4.69, 9.17) is 0 Å². The quantitative estimate of drug-likeness (QED) is 0.758. The zero-order valence-corrected chi connectivity index (χ0v) is 16.4. The molecule has 1 saturated heterocycles. The van der Waals surface area contributed by atoms with Crippen LogP contribution in [0, 0.1) is 11.7 Å². The van der Waals surface area contributed by atoms with E-state index in [9.17, 15) is 14.3 Å². The average molecular weight is 389 g/mol. The number of hydrogen-bond acceptors (Lipinski definition) is 5. The van der Waals surface area contributed by atoms with E-state index in [0.717, 1.165) is 25.9 Å². The van der Waals surface area contributed by atoms with E-state index < -0.39 is 6.10 Å². The number of carbonyl (C=O) groups is 1. The van der Waals surface area contributed by atoms with Crippen molar-refractivity contribution < 1.29 is 14.3 Å². The van der Waals surface area contributed by atoms with Crippen LogP contribution in [0.2, 0.25) is 0 Å². The van der Waals surface area contributed by atoms with Gasteiger partial charge >= 0.3 is 0 Å².